The second-order valence-electron chi connectivity index (χ2n) is 3.76. The van der Waals surface area contributed by atoms with Crippen molar-refractivity contribution < 1.29 is 0 Å². The highest BCUT2D eigenvalue weighted by Gasteiger charge is 2.19. The van der Waals surface area contributed by atoms with Crippen LogP contribution in [0.2, 0.25) is 5.02 Å². The van der Waals surface area contributed by atoms with E-state index in [4.69, 9.17) is 11.6 Å². The van der Waals surface area contributed by atoms with Crippen LogP contribution in [0.1, 0.15) is 6.42 Å². The predicted molar refractivity (Wildman–Crippen MR) is 63.1 cm³/mol. The molecule has 0 atom stereocenters. The number of fused-ring (bicyclic) bond motifs is 1. The van der Waals surface area contributed by atoms with E-state index in [1.807, 2.05) is 28.9 Å². The highest BCUT2D eigenvalue weighted by atomic mass is 35.5. The van der Waals surface area contributed by atoms with Gasteiger partial charge in [0.05, 0.1) is 0 Å². The lowest BCUT2D eigenvalue weighted by atomic mass is 10.2. The summed E-state index contributed by atoms with van der Waals surface area (Å²) in [6, 6.07) is 7.80. The summed E-state index contributed by atoms with van der Waals surface area (Å²) >= 11 is 5.88. The molecule has 0 amide bonds. The molecule has 0 radical (unpaired) electrons. The number of aryl methyl sites for hydroxylation is 1. The van der Waals surface area contributed by atoms with Crippen LogP contribution in [-0.2, 0) is 6.54 Å². The first-order valence-electron chi connectivity index (χ1n) is 5.25. The molecule has 0 unspecified atom stereocenters. The molecule has 0 saturated heterocycles. The molecule has 0 bridgehead atoms. The Hall–Kier alpha value is -1.55. The molecular formula is C11H11ClN4. The number of aromatic nitrogens is 3. The molecular weight excluding hydrogens is 224 g/mol. The second-order valence-corrected chi connectivity index (χ2v) is 4.20. The molecule has 1 aliphatic heterocycles. The van der Waals surface area contributed by atoms with Gasteiger partial charge >= 0.3 is 0 Å². The summed E-state index contributed by atoms with van der Waals surface area (Å²) < 4.78 is 1.93. The summed E-state index contributed by atoms with van der Waals surface area (Å²) in [4.78, 5) is 6.44. The zero-order chi connectivity index (χ0) is 11.0. The largest absolute Gasteiger partial charge is 0.311 e. The Morgan fingerprint density at radius 2 is 1.94 bits per heavy atom. The van der Waals surface area contributed by atoms with Crippen molar-refractivity contribution in [1.82, 2.24) is 14.8 Å². The molecule has 0 fully saturated rings. The first-order chi connectivity index (χ1) is 7.84. The van der Waals surface area contributed by atoms with Gasteiger partial charge in [-0.25, -0.2) is 4.68 Å². The Kier molecular flexibility index (Phi) is 2.29. The Bertz CT molecular complexity index is 491. The first kappa shape index (κ1) is 9.66. The summed E-state index contributed by atoms with van der Waals surface area (Å²) in [6.07, 6.45) is 2.68. The predicted octanol–water partition coefficient (Wildman–Crippen LogP) is 2.47. The van der Waals surface area contributed by atoms with E-state index in [-0.39, 0.29) is 0 Å². The molecule has 3 rings (SSSR count). The molecule has 0 aliphatic carbocycles. The van der Waals surface area contributed by atoms with Crippen molar-refractivity contribution in [1.29, 1.82) is 0 Å². The van der Waals surface area contributed by atoms with Gasteiger partial charge in [0.25, 0.3) is 0 Å². The average molecular weight is 235 g/mol. The van der Waals surface area contributed by atoms with Crippen LogP contribution < -0.4 is 4.90 Å². The maximum atomic E-state index is 5.88. The Labute approximate surface area is 98.5 Å². The highest BCUT2D eigenvalue weighted by Crippen LogP contribution is 2.27. The van der Waals surface area contributed by atoms with E-state index < -0.39 is 0 Å². The molecule has 2 heterocycles. The van der Waals surface area contributed by atoms with E-state index >= 15 is 0 Å². The van der Waals surface area contributed by atoms with Gasteiger partial charge in [0.2, 0.25) is 5.95 Å². The molecule has 2 aromatic rings. The molecule has 0 N–H and O–H groups in total. The Morgan fingerprint density at radius 1 is 1.12 bits per heavy atom. The van der Waals surface area contributed by atoms with Crippen molar-refractivity contribution in [2.45, 2.75) is 13.0 Å². The molecule has 0 spiro atoms. The molecule has 4 nitrogen and oxygen atoms in total. The number of hydrogen-bond donors (Lipinski definition) is 0. The van der Waals surface area contributed by atoms with E-state index in [0.717, 1.165) is 36.2 Å². The van der Waals surface area contributed by atoms with Crippen molar-refractivity contribution >= 4 is 23.2 Å². The lowest BCUT2D eigenvalue weighted by Gasteiger charge is -2.27. The monoisotopic (exact) mass is 234 g/mol. The van der Waals surface area contributed by atoms with Crippen molar-refractivity contribution in [3.63, 3.8) is 0 Å². The van der Waals surface area contributed by atoms with Crippen LogP contribution in [0.4, 0.5) is 11.6 Å². The van der Waals surface area contributed by atoms with Crippen molar-refractivity contribution in [2.75, 3.05) is 11.4 Å². The van der Waals surface area contributed by atoms with Crippen LogP contribution in [0.25, 0.3) is 0 Å². The third-order valence-electron chi connectivity index (χ3n) is 2.73. The minimum Gasteiger partial charge on any atom is -0.311 e. The van der Waals surface area contributed by atoms with Gasteiger partial charge in [0.15, 0.2) is 0 Å². The third-order valence-corrected chi connectivity index (χ3v) is 2.98. The van der Waals surface area contributed by atoms with Gasteiger partial charge in [-0.3, -0.25) is 0 Å². The highest BCUT2D eigenvalue weighted by molar-refractivity contribution is 6.30. The second kappa shape index (κ2) is 3.79. The van der Waals surface area contributed by atoms with Gasteiger partial charge in [0, 0.05) is 23.8 Å². The number of anilines is 2. The van der Waals surface area contributed by atoms with E-state index in [1.54, 1.807) is 6.33 Å². The molecule has 1 aromatic heterocycles. The SMILES string of the molecule is Clc1ccc(N2CCCn3ncnc32)cc1. The lowest BCUT2D eigenvalue weighted by Crippen LogP contribution is -2.28. The zero-order valence-electron chi connectivity index (χ0n) is 8.67. The quantitative estimate of drug-likeness (QED) is 0.760. The van der Waals surface area contributed by atoms with Crippen LogP contribution in [0.3, 0.4) is 0 Å². The Balaban J connectivity index is 2.00. The number of benzene rings is 1. The summed E-state index contributed by atoms with van der Waals surface area (Å²) in [5, 5.41) is 4.94. The fourth-order valence-electron chi connectivity index (χ4n) is 1.97. The number of halogens is 1. The lowest BCUT2D eigenvalue weighted by molar-refractivity contribution is 0.539. The van der Waals surface area contributed by atoms with Gasteiger partial charge in [-0.2, -0.15) is 10.1 Å². The van der Waals surface area contributed by atoms with Crippen LogP contribution in [-0.4, -0.2) is 21.3 Å². The summed E-state index contributed by atoms with van der Waals surface area (Å²) in [6.45, 7) is 1.92. The Morgan fingerprint density at radius 3 is 2.75 bits per heavy atom. The van der Waals surface area contributed by atoms with Crippen LogP contribution in [0, 0.1) is 0 Å². The fraction of sp³-hybridized carbons (Fsp3) is 0.273. The summed E-state index contributed by atoms with van der Waals surface area (Å²) in [5.74, 6) is 0.911. The fourth-order valence-corrected chi connectivity index (χ4v) is 2.10. The van der Waals surface area contributed by atoms with Gasteiger partial charge in [-0.05, 0) is 30.7 Å². The van der Waals surface area contributed by atoms with Crippen molar-refractivity contribution in [3.8, 4) is 0 Å². The molecule has 1 aromatic carbocycles. The van der Waals surface area contributed by atoms with E-state index in [0.29, 0.717) is 0 Å². The molecule has 5 heteroatoms. The maximum absolute atomic E-state index is 5.88. The number of hydrogen-bond acceptors (Lipinski definition) is 3. The van der Waals surface area contributed by atoms with Gasteiger partial charge in [0.1, 0.15) is 6.33 Å². The van der Waals surface area contributed by atoms with Crippen LogP contribution >= 0.6 is 11.6 Å². The molecule has 16 heavy (non-hydrogen) atoms. The zero-order valence-corrected chi connectivity index (χ0v) is 9.43. The first-order valence-corrected chi connectivity index (χ1v) is 5.63. The van der Waals surface area contributed by atoms with Crippen LogP contribution in [0.15, 0.2) is 30.6 Å². The summed E-state index contributed by atoms with van der Waals surface area (Å²) in [7, 11) is 0. The smallest absolute Gasteiger partial charge is 0.228 e. The average Bonchev–Trinajstić information content (AvgIpc) is 2.78. The van der Waals surface area contributed by atoms with E-state index in [9.17, 15) is 0 Å². The van der Waals surface area contributed by atoms with Gasteiger partial charge < -0.3 is 4.90 Å². The molecule has 0 saturated carbocycles. The number of rotatable bonds is 1. The van der Waals surface area contributed by atoms with E-state index in [2.05, 4.69) is 15.0 Å². The topological polar surface area (TPSA) is 34.0 Å². The molecule has 1 aliphatic rings. The molecule has 82 valence electrons. The van der Waals surface area contributed by atoms with Crippen molar-refractivity contribution in [3.05, 3.63) is 35.6 Å². The maximum Gasteiger partial charge on any atom is 0.228 e. The minimum atomic E-state index is 0.752. The third kappa shape index (κ3) is 1.55. The van der Waals surface area contributed by atoms with E-state index in [1.165, 1.54) is 0 Å². The van der Waals surface area contributed by atoms with Crippen molar-refractivity contribution in [2.24, 2.45) is 0 Å². The minimum absolute atomic E-state index is 0.752. The van der Waals surface area contributed by atoms with Gasteiger partial charge in [-0.15, -0.1) is 0 Å². The standard InChI is InChI=1S/C11H11ClN4/c12-9-2-4-10(5-3-9)15-6-1-7-16-11(15)13-8-14-16/h2-5,8H,1,6-7H2. The van der Waals surface area contributed by atoms with Gasteiger partial charge in [-0.1, -0.05) is 11.6 Å². The number of nitrogens with zero attached hydrogens (tertiary/aromatic N) is 4. The normalized spacial score (nSPS) is 14.9. The summed E-state index contributed by atoms with van der Waals surface area (Å²) in [5.41, 5.74) is 1.11. The van der Waals surface area contributed by atoms with Crippen LogP contribution in [0.5, 0.6) is 0 Å².